The van der Waals surface area contributed by atoms with Crippen LogP contribution in [0.5, 0.6) is 0 Å². The second-order valence-corrected chi connectivity index (χ2v) is 7.09. The Morgan fingerprint density at radius 3 is 2.67 bits per heavy atom. The number of esters is 1. The number of hydrogen-bond acceptors (Lipinski definition) is 7. The quantitative estimate of drug-likeness (QED) is 0.564. The number of hydroxylamine groups is 1. The number of rotatable bonds is 6. The maximum absolute atomic E-state index is 12.2. The van der Waals surface area contributed by atoms with E-state index in [0.29, 0.717) is 15.9 Å². The molecule has 1 aromatic carbocycles. The van der Waals surface area contributed by atoms with Crippen molar-refractivity contribution in [2.24, 2.45) is 0 Å². The van der Waals surface area contributed by atoms with Gasteiger partial charge < -0.3 is 9.26 Å². The maximum atomic E-state index is 12.2. The SMILES string of the molecule is CON(C)S(=O)(=O)c1ccc(Cl)c(C(=O)OCc2cc(C)on2)c1. The molecule has 0 saturated heterocycles. The van der Waals surface area contributed by atoms with Crippen LogP contribution in [0.25, 0.3) is 0 Å². The van der Waals surface area contributed by atoms with Crippen molar-refractivity contribution in [3.63, 3.8) is 0 Å². The first-order chi connectivity index (χ1) is 11.3. The molecule has 0 fully saturated rings. The van der Waals surface area contributed by atoms with Crippen LogP contribution < -0.4 is 0 Å². The Morgan fingerprint density at radius 1 is 1.38 bits per heavy atom. The fourth-order valence-corrected chi connectivity index (χ4v) is 2.97. The van der Waals surface area contributed by atoms with Gasteiger partial charge in [-0.1, -0.05) is 21.2 Å². The number of halogens is 1. The van der Waals surface area contributed by atoms with E-state index in [4.69, 9.17) is 20.9 Å². The first kappa shape index (κ1) is 18.4. The third-order valence-electron chi connectivity index (χ3n) is 3.08. The molecule has 10 heteroatoms. The van der Waals surface area contributed by atoms with Crippen LogP contribution in [0.15, 0.2) is 33.7 Å². The van der Waals surface area contributed by atoms with Crippen LogP contribution >= 0.6 is 11.6 Å². The summed E-state index contributed by atoms with van der Waals surface area (Å²) in [5.41, 5.74) is 0.349. The molecular formula is C14H15ClN2O6S. The van der Waals surface area contributed by atoms with Crippen molar-refractivity contribution in [1.82, 2.24) is 9.63 Å². The molecule has 0 aliphatic heterocycles. The van der Waals surface area contributed by atoms with Gasteiger partial charge in [-0.2, -0.15) is 0 Å². The predicted octanol–water partition coefficient (Wildman–Crippen LogP) is 2.18. The largest absolute Gasteiger partial charge is 0.455 e. The Balaban J connectivity index is 2.23. The van der Waals surface area contributed by atoms with Crippen molar-refractivity contribution in [2.75, 3.05) is 14.2 Å². The zero-order valence-corrected chi connectivity index (χ0v) is 14.7. The molecule has 2 aromatic rings. The van der Waals surface area contributed by atoms with Crippen molar-refractivity contribution in [2.45, 2.75) is 18.4 Å². The molecule has 130 valence electrons. The first-order valence-electron chi connectivity index (χ1n) is 6.67. The van der Waals surface area contributed by atoms with Crippen molar-refractivity contribution < 1.29 is 27.3 Å². The molecule has 0 unspecified atom stereocenters. The molecule has 0 radical (unpaired) electrons. The molecule has 0 aliphatic carbocycles. The number of ether oxygens (including phenoxy) is 1. The van der Waals surface area contributed by atoms with Crippen LogP contribution in [0.3, 0.4) is 0 Å². The van der Waals surface area contributed by atoms with Gasteiger partial charge in [0.1, 0.15) is 18.1 Å². The molecule has 24 heavy (non-hydrogen) atoms. The highest BCUT2D eigenvalue weighted by Gasteiger charge is 2.24. The van der Waals surface area contributed by atoms with E-state index in [-0.39, 0.29) is 22.1 Å². The molecule has 1 aromatic heterocycles. The number of benzene rings is 1. The molecule has 0 saturated carbocycles. The van der Waals surface area contributed by atoms with E-state index in [1.807, 2.05) is 0 Å². The molecule has 0 amide bonds. The smallest absolute Gasteiger partial charge is 0.340 e. The maximum Gasteiger partial charge on any atom is 0.340 e. The van der Waals surface area contributed by atoms with Gasteiger partial charge in [-0.3, -0.25) is 4.84 Å². The predicted molar refractivity (Wildman–Crippen MR) is 83.8 cm³/mol. The zero-order chi connectivity index (χ0) is 17.9. The van der Waals surface area contributed by atoms with Gasteiger partial charge in [-0.15, -0.1) is 0 Å². The van der Waals surface area contributed by atoms with Crippen LogP contribution in [0.4, 0.5) is 0 Å². The summed E-state index contributed by atoms with van der Waals surface area (Å²) in [6.45, 7) is 1.58. The molecule has 2 rings (SSSR count). The van der Waals surface area contributed by atoms with Gasteiger partial charge in [-0.05, 0) is 25.1 Å². The van der Waals surface area contributed by atoms with Crippen molar-refractivity contribution >= 4 is 27.6 Å². The average molecular weight is 375 g/mol. The summed E-state index contributed by atoms with van der Waals surface area (Å²) in [6.07, 6.45) is 0. The fraction of sp³-hybridized carbons (Fsp3) is 0.286. The van der Waals surface area contributed by atoms with E-state index >= 15 is 0 Å². The topological polar surface area (TPSA) is 98.9 Å². The number of nitrogens with zero attached hydrogens (tertiary/aromatic N) is 2. The van der Waals surface area contributed by atoms with E-state index in [1.165, 1.54) is 26.3 Å². The lowest BCUT2D eigenvalue weighted by Crippen LogP contribution is -2.26. The lowest BCUT2D eigenvalue weighted by molar-refractivity contribution is -0.0258. The van der Waals surface area contributed by atoms with Crippen LogP contribution in [-0.2, 0) is 26.2 Å². The fourth-order valence-electron chi connectivity index (χ4n) is 1.77. The van der Waals surface area contributed by atoms with Gasteiger partial charge in [-0.25, -0.2) is 13.2 Å². The summed E-state index contributed by atoms with van der Waals surface area (Å²) in [7, 11) is -1.47. The highest BCUT2D eigenvalue weighted by atomic mass is 35.5. The Hall–Kier alpha value is -1.94. The number of aryl methyl sites for hydroxylation is 1. The van der Waals surface area contributed by atoms with E-state index in [2.05, 4.69) is 9.99 Å². The highest BCUT2D eigenvalue weighted by Crippen LogP contribution is 2.23. The average Bonchev–Trinajstić information content (AvgIpc) is 2.97. The number of carbonyl (C=O) groups is 1. The molecule has 0 aliphatic rings. The van der Waals surface area contributed by atoms with Gasteiger partial charge in [0.15, 0.2) is 0 Å². The first-order valence-corrected chi connectivity index (χ1v) is 8.49. The minimum atomic E-state index is -3.91. The highest BCUT2D eigenvalue weighted by molar-refractivity contribution is 7.89. The third-order valence-corrected chi connectivity index (χ3v) is 5.08. The van der Waals surface area contributed by atoms with Crippen molar-refractivity contribution in [3.05, 3.63) is 46.3 Å². The summed E-state index contributed by atoms with van der Waals surface area (Å²) in [6, 6.07) is 5.31. The van der Waals surface area contributed by atoms with Crippen LogP contribution in [0.1, 0.15) is 21.8 Å². The van der Waals surface area contributed by atoms with Gasteiger partial charge in [0.2, 0.25) is 0 Å². The van der Waals surface area contributed by atoms with Crippen molar-refractivity contribution in [3.8, 4) is 0 Å². The minimum absolute atomic E-state index is 0.0651. The summed E-state index contributed by atoms with van der Waals surface area (Å²) < 4.78 is 35.0. The van der Waals surface area contributed by atoms with Crippen LogP contribution in [0, 0.1) is 6.92 Å². The van der Waals surface area contributed by atoms with Gasteiger partial charge >= 0.3 is 5.97 Å². The van der Waals surface area contributed by atoms with Crippen molar-refractivity contribution in [1.29, 1.82) is 0 Å². The molecule has 1 heterocycles. The Morgan fingerprint density at radius 2 is 2.08 bits per heavy atom. The molecule has 8 nitrogen and oxygen atoms in total. The Kier molecular flexibility index (Phi) is 5.60. The normalized spacial score (nSPS) is 11.7. The van der Waals surface area contributed by atoms with Crippen LogP contribution in [0.2, 0.25) is 5.02 Å². The second-order valence-electron chi connectivity index (χ2n) is 4.74. The lowest BCUT2D eigenvalue weighted by atomic mass is 10.2. The number of sulfonamides is 1. The second kappa shape index (κ2) is 7.31. The van der Waals surface area contributed by atoms with Gasteiger partial charge in [0.05, 0.1) is 22.6 Å². The number of hydrogen-bond donors (Lipinski definition) is 0. The zero-order valence-electron chi connectivity index (χ0n) is 13.1. The number of aromatic nitrogens is 1. The molecule has 0 N–H and O–H groups in total. The third kappa shape index (κ3) is 3.93. The molecular weight excluding hydrogens is 360 g/mol. The van der Waals surface area contributed by atoms with E-state index < -0.39 is 16.0 Å². The standard InChI is InChI=1S/C14H15ClN2O6S/c1-9-6-10(16-23-9)8-22-14(18)12-7-11(4-5-13(12)15)24(19,20)17(2)21-3/h4-7H,8H2,1-3H3. The minimum Gasteiger partial charge on any atom is -0.455 e. The Bertz CT molecular complexity index is 849. The summed E-state index contributed by atoms with van der Waals surface area (Å²) >= 11 is 5.97. The van der Waals surface area contributed by atoms with E-state index in [1.54, 1.807) is 13.0 Å². The van der Waals surface area contributed by atoms with Gasteiger partial charge in [0.25, 0.3) is 10.0 Å². The monoisotopic (exact) mass is 374 g/mol. The van der Waals surface area contributed by atoms with Gasteiger partial charge in [0, 0.05) is 13.1 Å². The van der Waals surface area contributed by atoms with Crippen LogP contribution in [-0.4, -0.2) is 38.2 Å². The summed E-state index contributed by atoms with van der Waals surface area (Å²) in [5, 5.41) is 3.76. The molecule has 0 atom stereocenters. The summed E-state index contributed by atoms with van der Waals surface area (Å²) in [5.74, 6) is -0.201. The molecule has 0 spiro atoms. The lowest BCUT2D eigenvalue weighted by Gasteiger charge is -2.15. The number of carbonyl (C=O) groups excluding carboxylic acids is 1. The van der Waals surface area contributed by atoms with E-state index in [0.717, 1.165) is 6.07 Å². The van der Waals surface area contributed by atoms with E-state index in [9.17, 15) is 13.2 Å². The molecule has 0 bridgehead atoms. The summed E-state index contributed by atoms with van der Waals surface area (Å²) in [4.78, 5) is 16.7. The Labute approximate surface area is 143 Å².